The summed E-state index contributed by atoms with van der Waals surface area (Å²) in [6.07, 6.45) is 0.808. The summed E-state index contributed by atoms with van der Waals surface area (Å²) in [5.74, 6) is 0.205. The number of nitrogens with zero attached hydrogens (tertiary/aromatic N) is 1. The van der Waals surface area contributed by atoms with Crippen molar-refractivity contribution in [2.45, 2.75) is 12.8 Å². The maximum atomic E-state index is 11.7. The molecule has 1 N–H and O–H groups in total. The van der Waals surface area contributed by atoms with Crippen LogP contribution in [0.25, 0.3) is 0 Å². The summed E-state index contributed by atoms with van der Waals surface area (Å²) in [6.45, 7) is 0.793. The van der Waals surface area contributed by atoms with E-state index in [1.807, 2.05) is 18.2 Å². The van der Waals surface area contributed by atoms with Crippen LogP contribution in [0.3, 0.4) is 0 Å². The molecule has 0 fully saturated rings. The second-order valence-corrected chi connectivity index (χ2v) is 4.62. The van der Waals surface area contributed by atoms with Gasteiger partial charge < -0.3 is 19.5 Å². The second kappa shape index (κ2) is 6.27. The van der Waals surface area contributed by atoms with Crippen molar-refractivity contribution >= 4 is 11.9 Å². The highest BCUT2D eigenvalue weighted by Crippen LogP contribution is 2.31. The van der Waals surface area contributed by atoms with E-state index in [1.165, 1.54) is 11.9 Å². The van der Waals surface area contributed by atoms with Crippen LogP contribution in [0, 0.1) is 0 Å². The molecule has 1 aromatic carbocycles. The van der Waals surface area contributed by atoms with Crippen molar-refractivity contribution < 1.29 is 24.2 Å². The number of ether oxygens (including phenoxy) is 2. The van der Waals surface area contributed by atoms with E-state index in [0.717, 1.165) is 5.56 Å². The minimum absolute atomic E-state index is 0.192. The van der Waals surface area contributed by atoms with Gasteiger partial charge in [0.1, 0.15) is 19.8 Å². The largest absolute Gasteiger partial charge is 0.486 e. The summed E-state index contributed by atoms with van der Waals surface area (Å²) < 4.78 is 10.9. The van der Waals surface area contributed by atoms with Crippen molar-refractivity contribution in [2.24, 2.45) is 0 Å². The third-order valence-electron chi connectivity index (χ3n) is 3.03. The van der Waals surface area contributed by atoms with Crippen LogP contribution >= 0.6 is 0 Å². The lowest BCUT2D eigenvalue weighted by molar-refractivity contribution is -0.143. The molecular weight excluding hydrogens is 262 g/mol. The molecule has 2 rings (SSSR count). The Kier molecular flexibility index (Phi) is 4.45. The van der Waals surface area contributed by atoms with Gasteiger partial charge in [-0.3, -0.25) is 9.59 Å². The minimum atomic E-state index is -1.01. The molecule has 0 spiro atoms. The molecule has 6 heteroatoms. The lowest BCUT2D eigenvalue weighted by Crippen LogP contribution is -2.32. The highest BCUT2D eigenvalue weighted by molar-refractivity contribution is 5.81. The fourth-order valence-corrected chi connectivity index (χ4v) is 1.98. The molecule has 1 amide bonds. The van der Waals surface area contributed by atoms with E-state index in [-0.39, 0.29) is 18.9 Å². The van der Waals surface area contributed by atoms with Crippen LogP contribution in [-0.4, -0.2) is 48.7 Å². The van der Waals surface area contributed by atoms with Crippen molar-refractivity contribution in [3.05, 3.63) is 23.8 Å². The Bertz CT molecular complexity index is 514. The summed E-state index contributed by atoms with van der Waals surface area (Å²) >= 11 is 0. The van der Waals surface area contributed by atoms with Gasteiger partial charge in [0.15, 0.2) is 11.5 Å². The zero-order chi connectivity index (χ0) is 14.5. The first kappa shape index (κ1) is 14.2. The van der Waals surface area contributed by atoms with Gasteiger partial charge in [0.25, 0.3) is 0 Å². The number of amides is 1. The van der Waals surface area contributed by atoms with E-state index in [2.05, 4.69) is 0 Å². The molecule has 1 heterocycles. The number of carbonyl (C=O) groups excluding carboxylic acids is 1. The van der Waals surface area contributed by atoms with Gasteiger partial charge in [0.05, 0.1) is 0 Å². The molecule has 108 valence electrons. The topological polar surface area (TPSA) is 76.1 Å². The Labute approximate surface area is 116 Å². The number of aryl methyl sites for hydroxylation is 1. The molecule has 0 saturated carbocycles. The molecular formula is C14H17NO5. The molecule has 0 radical (unpaired) electrons. The first-order valence-electron chi connectivity index (χ1n) is 6.40. The Hall–Kier alpha value is -2.24. The first-order chi connectivity index (χ1) is 9.56. The van der Waals surface area contributed by atoms with E-state index in [0.29, 0.717) is 31.1 Å². The number of benzene rings is 1. The smallest absolute Gasteiger partial charge is 0.323 e. The molecule has 0 aromatic heterocycles. The van der Waals surface area contributed by atoms with E-state index in [4.69, 9.17) is 14.6 Å². The molecule has 0 unspecified atom stereocenters. The van der Waals surface area contributed by atoms with Crippen LogP contribution in [-0.2, 0) is 16.0 Å². The van der Waals surface area contributed by atoms with Crippen LogP contribution in [0.4, 0.5) is 0 Å². The van der Waals surface area contributed by atoms with Gasteiger partial charge in [-0.2, -0.15) is 0 Å². The van der Waals surface area contributed by atoms with Gasteiger partial charge >= 0.3 is 5.97 Å². The summed E-state index contributed by atoms with van der Waals surface area (Å²) in [5, 5.41) is 8.63. The Morgan fingerprint density at radius 2 is 1.95 bits per heavy atom. The van der Waals surface area contributed by atoms with Gasteiger partial charge in [-0.15, -0.1) is 0 Å². The number of fused-ring (bicyclic) bond motifs is 1. The zero-order valence-corrected chi connectivity index (χ0v) is 11.3. The van der Waals surface area contributed by atoms with Crippen LogP contribution < -0.4 is 9.47 Å². The number of carboxylic acid groups (broad SMARTS) is 1. The van der Waals surface area contributed by atoms with Crippen molar-refractivity contribution in [1.82, 2.24) is 4.90 Å². The molecule has 6 nitrogen and oxygen atoms in total. The monoisotopic (exact) mass is 279 g/mol. The molecule has 20 heavy (non-hydrogen) atoms. The number of hydrogen-bond acceptors (Lipinski definition) is 4. The predicted molar refractivity (Wildman–Crippen MR) is 71.0 cm³/mol. The lowest BCUT2D eigenvalue weighted by Gasteiger charge is -2.19. The zero-order valence-electron chi connectivity index (χ0n) is 11.3. The maximum Gasteiger partial charge on any atom is 0.323 e. The van der Waals surface area contributed by atoms with Crippen molar-refractivity contribution in [3.63, 3.8) is 0 Å². The van der Waals surface area contributed by atoms with Gasteiger partial charge in [-0.05, 0) is 24.1 Å². The van der Waals surface area contributed by atoms with E-state index in [1.54, 1.807) is 0 Å². The average Bonchev–Trinajstić information content (AvgIpc) is 2.43. The predicted octanol–water partition coefficient (Wildman–Crippen LogP) is 0.933. The number of likely N-dealkylation sites (N-methyl/N-ethyl adjacent to an activating group) is 1. The van der Waals surface area contributed by atoms with Gasteiger partial charge in [0, 0.05) is 13.5 Å². The fraction of sp³-hybridized carbons (Fsp3) is 0.429. The summed E-state index contributed by atoms with van der Waals surface area (Å²) in [4.78, 5) is 23.5. The van der Waals surface area contributed by atoms with Crippen LogP contribution in [0.1, 0.15) is 12.0 Å². The molecule has 0 saturated heterocycles. The Balaban J connectivity index is 1.90. The first-order valence-corrected chi connectivity index (χ1v) is 6.40. The molecule has 1 aromatic rings. The van der Waals surface area contributed by atoms with Gasteiger partial charge in [-0.25, -0.2) is 0 Å². The lowest BCUT2D eigenvalue weighted by atomic mass is 10.1. The number of aliphatic carboxylic acids is 1. The Morgan fingerprint density at radius 3 is 2.65 bits per heavy atom. The second-order valence-electron chi connectivity index (χ2n) is 4.62. The highest BCUT2D eigenvalue weighted by Gasteiger charge is 2.14. The van der Waals surface area contributed by atoms with Gasteiger partial charge in [0.2, 0.25) is 5.91 Å². The van der Waals surface area contributed by atoms with E-state index >= 15 is 0 Å². The quantitative estimate of drug-likeness (QED) is 0.868. The normalized spacial score (nSPS) is 12.8. The molecule has 0 bridgehead atoms. The fourth-order valence-electron chi connectivity index (χ4n) is 1.98. The number of rotatable bonds is 5. The number of carbonyl (C=O) groups is 2. The highest BCUT2D eigenvalue weighted by atomic mass is 16.6. The summed E-state index contributed by atoms with van der Waals surface area (Å²) in [5.41, 5.74) is 0.964. The molecule has 1 aliphatic rings. The van der Waals surface area contributed by atoms with Crippen molar-refractivity contribution in [3.8, 4) is 11.5 Å². The summed E-state index contributed by atoms with van der Waals surface area (Å²) in [7, 11) is 1.49. The molecule has 1 aliphatic heterocycles. The van der Waals surface area contributed by atoms with Crippen LogP contribution in [0.2, 0.25) is 0 Å². The minimum Gasteiger partial charge on any atom is -0.486 e. The average molecular weight is 279 g/mol. The third kappa shape index (κ3) is 3.63. The van der Waals surface area contributed by atoms with Crippen LogP contribution in [0.15, 0.2) is 18.2 Å². The van der Waals surface area contributed by atoms with Crippen molar-refractivity contribution in [2.75, 3.05) is 26.8 Å². The van der Waals surface area contributed by atoms with E-state index in [9.17, 15) is 9.59 Å². The molecule has 0 aliphatic carbocycles. The number of carboxylic acids is 1. The number of hydrogen-bond donors (Lipinski definition) is 1. The summed E-state index contributed by atoms with van der Waals surface area (Å²) in [6, 6.07) is 5.58. The van der Waals surface area contributed by atoms with Gasteiger partial charge in [-0.1, -0.05) is 6.07 Å². The maximum absolute atomic E-state index is 11.7. The van der Waals surface area contributed by atoms with E-state index < -0.39 is 5.97 Å². The SMILES string of the molecule is CN(CC(=O)O)C(=O)CCc1ccc2c(c1)OCCO2. The molecule has 0 atom stereocenters. The third-order valence-corrected chi connectivity index (χ3v) is 3.03. The Morgan fingerprint density at radius 1 is 1.25 bits per heavy atom. The van der Waals surface area contributed by atoms with Crippen molar-refractivity contribution in [1.29, 1.82) is 0 Å². The standard InChI is InChI=1S/C14H17NO5/c1-15(9-14(17)18)13(16)5-3-10-2-4-11-12(8-10)20-7-6-19-11/h2,4,8H,3,5-7,9H2,1H3,(H,17,18). The van der Waals surface area contributed by atoms with Crippen LogP contribution in [0.5, 0.6) is 11.5 Å².